The highest BCUT2D eigenvalue weighted by molar-refractivity contribution is 6.35. The lowest BCUT2D eigenvalue weighted by atomic mass is 10.2. The second kappa shape index (κ2) is 7.92. The van der Waals surface area contributed by atoms with Crippen molar-refractivity contribution in [3.8, 4) is 0 Å². The zero-order chi connectivity index (χ0) is 15.1. The third-order valence-electron chi connectivity index (χ3n) is 2.16. The number of hydrogen-bond donors (Lipinski definition) is 1. The van der Waals surface area contributed by atoms with Crippen LogP contribution in [0.5, 0.6) is 0 Å². The van der Waals surface area contributed by atoms with Crippen LogP contribution in [-0.4, -0.2) is 24.5 Å². The van der Waals surface area contributed by atoms with Gasteiger partial charge in [0.05, 0.1) is 0 Å². The quantitative estimate of drug-likeness (QED) is 0.671. The Morgan fingerprint density at radius 1 is 1.35 bits per heavy atom. The number of ether oxygens (including phenoxy) is 1. The summed E-state index contributed by atoms with van der Waals surface area (Å²) in [4.78, 5) is 22.7. The van der Waals surface area contributed by atoms with Gasteiger partial charge in [-0.15, -0.1) is 0 Å². The number of esters is 1. The molecule has 20 heavy (non-hydrogen) atoms. The van der Waals surface area contributed by atoms with Crippen LogP contribution in [0.15, 0.2) is 24.3 Å². The standard InChI is InChI=1S/C14H15Cl2NO3/c1-9(2)17-13(18)8-20-14(19)6-4-10-3-5-11(15)7-12(10)16/h3-7,9H,8H2,1-2H3,(H,17,18)/b6-4+. The summed E-state index contributed by atoms with van der Waals surface area (Å²) >= 11 is 11.7. The van der Waals surface area contributed by atoms with Crippen LogP contribution in [0.1, 0.15) is 19.4 Å². The van der Waals surface area contributed by atoms with E-state index in [9.17, 15) is 9.59 Å². The molecule has 0 aliphatic heterocycles. The van der Waals surface area contributed by atoms with E-state index in [0.717, 1.165) is 0 Å². The van der Waals surface area contributed by atoms with Crippen molar-refractivity contribution in [2.45, 2.75) is 19.9 Å². The van der Waals surface area contributed by atoms with Crippen LogP contribution >= 0.6 is 23.2 Å². The number of carbonyl (C=O) groups excluding carboxylic acids is 2. The Morgan fingerprint density at radius 2 is 2.05 bits per heavy atom. The van der Waals surface area contributed by atoms with Crippen molar-refractivity contribution in [2.24, 2.45) is 0 Å². The molecule has 0 spiro atoms. The highest BCUT2D eigenvalue weighted by Gasteiger charge is 2.06. The van der Waals surface area contributed by atoms with Gasteiger partial charge in [0.2, 0.25) is 0 Å². The second-order valence-corrected chi connectivity index (χ2v) is 5.17. The van der Waals surface area contributed by atoms with Gasteiger partial charge < -0.3 is 10.1 Å². The maximum Gasteiger partial charge on any atom is 0.331 e. The minimum Gasteiger partial charge on any atom is -0.452 e. The fourth-order valence-electron chi connectivity index (χ4n) is 1.34. The maximum absolute atomic E-state index is 11.4. The summed E-state index contributed by atoms with van der Waals surface area (Å²) in [6, 6.07) is 4.92. The third kappa shape index (κ3) is 6.08. The number of rotatable bonds is 5. The Labute approximate surface area is 127 Å². The maximum atomic E-state index is 11.4. The van der Waals surface area contributed by atoms with Crippen molar-refractivity contribution < 1.29 is 14.3 Å². The SMILES string of the molecule is CC(C)NC(=O)COC(=O)/C=C/c1ccc(Cl)cc1Cl. The molecular weight excluding hydrogens is 301 g/mol. The fraction of sp³-hybridized carbons (Fsp3) is 0.286. The lowest BCUT2D eigenvalue weighted by molar-refractivity contribution is -0.143. The molecule has 0 radical (unpaired) electrons. The highest BCUT2D eigenvalue weighted by atomic mass is 35.5. The van der Waals surface area contributed by atoms with E-state index in [1.54, 1.807) is 18.2 Å². The Kier molecular flexibility index (Phi) is 6.55. The summed E-state index contributed by atoms with van der Waals surface area (Å²) in [7, 11) is 0. The van der Waals surface area contributed by atoms with Gasteiger partial charge in [0, 0.05) is 22.2 Å². The highest BCUT2D eigenvalue weighted by Crippen LogP contribution is 2.21. The van der Waals surface area contributed by atoms with Gasteiger partial charge in [0.1, 0.15) is 0 Å². The van der Waals surface area contributed by atoms with Crippen LogP contribution in [0, 0.1) is 0 Å². The lowest BCUT2D eigenvalue weighted by Gasteiger charge is -2.07. The molecule has 1 rings (SSSR count). The van der Waals surface area contributed by atoms with Gasteiger partial charge in [0.25, 0.3) is 5.91 Å². The van der Waals surface area contributed by atoms with Crippen molar-refractivity contribution in [2.75, 3.05) is 6.61 Å². The number of benzene rings is 1. The van der Waals surface area contributed by atoms with E-state index in [4.69, 9.17) is 27.9 Å². The van der Waals surface area contributed by atoms with E-state index in [-0.39, 0.29) is 18.6 Å². The smallest absolute Gasteiger partial charge is 0.331 e. The van der Waals surface area contributed by atoms with E-state index in [1.165, 1.54) is 12.2 Å². The van der Waals surface area contributed by atoms with Crippen LogP contribution in [0.2, 0.25) is 10.0 Å². The monoisotopic (exact) mass is 315 g/mol. The van der Waals surface area contributed by atoms with Gasteiger partial charge in [-0.1, -0.05) is 29.3 Å². The van der Waals surface area contributed by atoms with E-state index >= 15 is 0 Å². The number of amides is 1. The van der Waals surface area contributed by atoms with E-state index in [2.05, 4.69) is 5.32 Å². The van der Waals surface area contributed by atoms with Gasteiger partial charge >= 0.3 is 5.97 Å². The fourth-order valence-corrected chi connectivity index (χ4v) is 1.81. The summed E-state index contributed by atoms with van der Waals surface area (Å²) in [6.45, 7) is 3.33. The number of nitrogens with one attached hydrogen (secondary N) is 1. The molecular formula is C14H15Cl2NO3. The van der Waals surface area contributed by atoms with Crippen LogP contribution in [0.3, 0.4) is 0 Å². The van der Waals surface area contributed by atoms with Gasteiger partial charge in [-0.05, 0) is 37.6 Å². The average Bonchev–Trinajstić information content (AvgIpc) is 2.34. The Morgan fingerprint density at radius 3 is 2.65 bits per heavy atom. The molecule has 0 aliphatic carbocycles. The van der Waals surface area contributed by atoms with Gasteiger partial charge in [-0.2, -0.15) is 0 Å². The molecule has 1 N–H and O–H groups in total. The molecule has 0 aromatic heterocycles. The minimum atomic E-state index is -0.616. The zero-order valence-electron chi connectivity index (χ0n) is 11.2. The summed E-state index contributed by atoms with van der Waals surface area (Å²) in [6.07, 6.45) is 2.71. The first-order valence-corrected chi connectivity index (χ1v) is 6.73. The van der Waals surface area contributed by atoms with Crippen LogP contribution in [-0.2, 0) is 14.3 Å². The Balaban J connectivity index is 2.49. The van der Waals surface area contributed by atoms with Crippen LogP contribution < -0.4 is 5.32 Å². The first-order chi connectivity index (χ1) is 9.38. The molecule has 108 valence electrons. The largest absolute Gasteiger partial charge is 0.452 e. The topological polar surface area (TPSA) is 55.4 Å². The molecule has 0 bridgehead atoms. The minimum absolute atomic E-state index is 0.00428. The van der Waals surface area contributed by atoms with Crippen molar-refractivity contribution in [3.05, 3.63) is 39.9 Å². The van der Waals surface area contributed by atoms with Gasteiger partial charge in [-0.3, -0.25) is 4.79 Å². The van der Waals surface area contributed by atoms with Crippen molar-refractivity contribution in [3.63, 3.8) is 0 Å². The number of halogens is 2. The molecule has 0 saturated heterocycles. The molecule has 4 nitrogen and oxygen atoms in total. The third-order valence-corrected chi connectivity index (χ3v) is 2.72. The first-order valence-electron chi connectivity index (χ1n) is 5.97. The molecule has 1 aromatic carbocycles. The zero-order valence-corrected chi connectivity index (χ0v) is 12.7. The first kappa shape index (κ1) is 16.5. The normalized spacial score (nSPS) is 10.8. The predicted molar refractivity (Wildman–Crippen MR) is 79.7 cm³/mol. The molecule has 0 aliphatic rings. The molecule has 0 atom stereocenters. The van der Waals surface area contributed by atoms with E-state index in [1.807, 2.05) is 13.8 Å². The second-order valence-electron chi connectivity index (χ2n) is 4.33. The van der Waals surface area contributed by atoms with Crippen LogP contribution in [0.25, 0.3) is 6.08 Å². The van der Waals surface area contributed by atoms with Crippen molar-refractivity contribution in [1.82, 2.24) is 5.32 Å². The summed E-state index contributed by atoms with van der Waals surface area (Å²) in [5.41, 5.74) is 0.639. The van der Waals surface area contributed by atoms with E-state index < -0.39 is 5.97 Å². The molecule has 1 aromatic rings. The van der Waals surface area contributed by atoms with Crippen LogP contribution in [0.4, 0.5) is 0 Å². The number of carbonyl (C=O) groups is 2. The van der Waals surface area contributed by atoms with Gasteiger partial charge in [-0.25, -0.2) is 4.79 Å². The van der Waals surface area contributed by atoms with E-state index in [0.29, 0.717) is 15.6 Å². The average molecular weight is 316 g/mol. The molecule has 0 unspecified atom stereocenters. The molecule has 0 saturated carbocycles. The van der Waals surface area contributed by atoms with Crippen molar-refractivity contribution in [1.29, 1.82) is 0 Å². The molecule has 1 amide bonds. The Hall–Kier alpha value is -1.52. The molecule has 6 heteroatoms. The number of hydrogen-bond acceptors (Lipinski definition) is 3. The van der Waals surface area contributed by atoms with Crippen molar-refractivity contribution >= 4 is 41.2 Å². The predicted octanol–water partition coefficient (Wildman–Crippen LogP) is 3.07. The van der Waals surface area contributed by atoms with Gasteiger partial charge in [0.15, 0.2) is 6.61 Å². The summed E-state index contributed by atoms with van der Waals surface area (Å²) in [5.74, 6) is -0.957. The molecule has 0 heterocycles. The summed E-state index contributed by atoms with van der Waals surface area (Å²) < 4.78 is 4.78. The molecule has 0 fully saturated rings. The lowest BCUT2D eigenvalue weighted by Crippen LogP contribution is -2.33. The Bertz CT molecular complexity index is 527. The summed E-state index contributed by atoms with van der Waals surface area (Å²) in [5, 5.41) is 3.55.